The second-order valence-corrected chi connectivity index (χ2v) is 5.62. The van der Waals surface area contributed by atoms with Crippen molar-refractivity contribution in [3.05, 3.63) is 57.8 Å². The van der Waals surface area contributed by atoms with E-state index < -0.39 is 0 Å². The molecular formula is C13H10Cl2FNS. The van der Waals surface area contributed by atoms with Crippen LogP contribution in [0.1, 0.15) is 5.56 Å². The van der Waals surface area contributed by atoms with Crippen LogP contribution in [0.25, 0.3) is 0 Å². The molecule has 18 heavy (non-hydrogen) atoms. The third-order valence-corrected chi connectivity index (χ3v) is 4.08. The first-order valence-corrected chi connectivity index (χ1v) is 6.91. The van der Waals surface area contributed by atoms with E-state index in [0.717, 1.165) is 10.5 Å². The summed E-state index contributed by atoms with van der Waals surface area (Å²) >= 11 is 13.3. The van der Waals surface area contributed by atoms with E-state index >= 15 is 0 Å². The van der Waals surface area contributed by atoms with Crippen LogP contribution in [0.5, 0.6) is 0 Å². The van der Waals surface area contributed by atoms with Gasteiger partial charge in [-0.15, -0.1) is 11.8 Å². The Bertz CT molecular complexity index is 555. The van der Waals surface area contributed by atoms with Crippen LogP contribution < -0.4 is 5.73 Å². The molecule has 0 aliphatic carbocycles. The summed E-state index contributed by atoms with van der Waals surface area (Å²) in [5.41, 5.74) is 6.85. The predicted octanol–water partition coefficient (Wildman–Crippen LogP) is 5.01. The van der Waals surface area contributed by atoms with Crippen LogP contribution in [-0.2, 0) is 5.75 Å². The maximum Gasteiger partial charge on any atom is 0.125 e. The molecular weight excluding hydrogens is 292 g/mol. The fraction of sp³-hybridized carbons (Fsp3) is 0.0769. The normalized spacial score (nSPS) is 10.6. The molecule has 0 saturated heterocycles. The fourth-order valence-corrected chi connectivity index (χ4v) is 2.72. The summed E-state index contributed by atoms with van der Waals surface area (Å²) in [4.78, 5) is 0.979. The smallest absolute Gasteiger partial charge is 0.125 e. The number of rotatable bonds is 3. The van der Waals surface area contributed by atoms with Crippen LogP contribution in [0, 0.1) is 5.82 Å². The van der Waals surface area contributed by atoms with Gasteiger partial charge in [-0.3, -0.25) is 0 Å². The third kappa shape index (κ3) is 3.55. The van der Waals surface area contributed by atoms with Crippen molar-refractivity contribution in [1.82, 2.24) is 0 Å². The molecule has 0 heterocycles. The summed E-state index contributed by atoms with van der Waals surface area (Å²) in [6, 6.07) is 9.94. The Morgan fingerprint density at radius 1 is 1.06 bits per heavy atom. The third-order valence-electron chi connectivity index (χ3n) is 2.28. The molecule has 0 unspecified atom stereocenters. The molecule has 0 saturated carbocycles. The molecule has 0 radical (unpaired) electrons. The van der Waals surface area contributed by atoms with Gasteiger partial charge in [0.05, 0.1) is 10.0 Å². The van der Waals surface area contributed by atoms with Crippen LogP contribution in [0.4, 0.5) is 10.1 Å². The van der Waals surface area contributed by atoms with Crippen molar-refractivity contribution in [2.24, 2.45) is 0 Å². The van der Waals surface area contributed by atoms with E-state index in [9.17, 15) is 4.39 Å². The van der Waals surface area contributed by atoms with Gasteiger partial charge in [-0.05, 0) is 42.0 Å². The van der Waals surface area contributed by atoms with Crippen molar-refractivity contribution < 1.29 is 4.39 Å². The van der Waals surface area contributed by atoms with Gasteiger partial charge in [0.15, 0.2) is 0 Å². The summed E-state index contributed by atoms with van der Waals surface area (Å²) in [5, 5.41) is 1.04. The first kappa shape index (κ1) is 13.5. The highest BCUT2D eigenvalue weighted by Crippen LogP contribution is 2.30. The largest absolute Gasteiger partial charge is 0.399 e. The van der Waals surface area contributed by atoms with Gasteiger partial charge in [0, 0.05) is 16.3 Å². The van der Waals surface area contributed by atoms with Gasteiger partial charge in [0.2, 0.25) is 0 Å². The molecule has 0 aliphatic heterocycles. The van der Waals surface area contributed by atoms with E-state index in [2.05, 4.69) is 0 Å². The Morgan fingerprint density at radius 3 is 2.50 bits per heavy atom. The average molecular weight is 302 g/mol. The van der Waals surface area contributed by atoms with Gasteiger partial charge in [-0.25, -0.2) is 4.39 Å². The molecule has 2 rings (SSSR count). The topological polar surface area (TPSA) is 26.0 Å². The van der Waals surface area contributed by atoms with Gasteiger partial charge in [-0.2, -0.15) is 0 Å². The predicted molar refractivity (Wildman–Crippen MR) is 76.8 cm³/mol. The van der Waals surface area contributed by atoms with Crippen molar-refractivity contribution in [2.45, 2.75) is 10.6 Å². The van der Waals surface area contributed by atoms with Crippen molar-refractivity contribution in [2.75, 3.05) is 5.73 Å². The number of benzene rings is 2. The summed E-state index contributed by atoms with van der Waals surface area (Å²) < 4.78 is 13.1. The zero-order valence-corrected chi connectivity index (χ0v) is 11.6. The maximum absolute atomic E-state index is 13.1. The van der Waals surface area contributed by atoms with Gasteiger partial charge in [0.1, 0.15) is 5.82 Å². The lowest BCUT2D eigenvalue weighted by Crippen LogP contribution is -1.90. The number of thioether (sulfide) groups is 1. The lowest BCUT2D eigenvalue weighted by atomic mass is 10.2. The Labute approximate surface area is 119 Å². The molecule has 5 heteroatoms. The monoisotopic (exact) mass is 301 g/mol. The molecule has 2 aromatic carbocycles. The summed E-state index contributed by atoms with van der Waals surface area (Å²) in [7, 11) is 0. The van der Waals surface area contributed by atoms with Crippen molar-refractivity contribution in [3.63, 3.8) is 0 Å². The minimum Gasteiger partial charge on any atom is -0.399 e. The highest BCUT2D eigenvalue weighted by atomic mass is 35.5. The van der Waals surface area contributed by atoms with E-state index in [-0.39, 0.29) is 5.82 Å². The number of hydrogen-bond donors (Lipinski definition) is 1. The highest BCUT2D eigenvalue weighted by Gasteiger charge is 2.03. The van der Waals surface area contributed by atoms with Gasteiger partial charge >= 0.3 is 0 Å². The van der Waals surface area contributed by atoms with Crippen LogP contribution in [0.3, 0.4) is 0 Å². The summed E-state index contributed by atoms with van der Waals surface area (Å²) in [5.74, 6) is 0.305. The number of nitrogen functional groups attached to an aromatic ring is 1. The average Bonchev–Trinajstić information content (AvgIpc) is 2.29. The Morgan fingerprint density at radius 2 is 1.83 bits per heavy atom. The molecule has 0 atom stereocenters. The molecule has 0 fully saturated rings. The molecule has 94 valence electrons. The minimum atomic E-state index is -0.320. The fourth-order valence-electron chi connectivity index (χ4n) is 1.49. The Hall–Kier alpha value is -0.900. The highest BCUT2D eigenvalue weighted by molar-refractivity contribution is 7.98. The lowest BCUT2D eigenvalue weighted by molar-refractivity contribution is 0.627. The molecule has 1 nitrogen and oxygen atoms in total. The standard InChI is InChI=1S/C13H10Cl2FNS/c14-12-2-1-11(6-13(12)15)18-7-8-3-9(16)5-10(17)4-8/h1-6H,7,17H2. The minimum absolute atomic E-state index is 0.320. The number of halogens is 3. The molecule has 0 bridgehead atoms. The molecule has 2 aromatic rings. The molecule has 2 N–H and O–H groups in total. The molecule has 0 amide bonds. The van der Waals surface area contributed by atoms with E-state index in [1.54, 1.807) is 30.0 Å². The maximum atomic E-state index is 13.1. The van der Waals surface area contributed by atoms with Crippen molar-refractivity contribution in [3.8, 4) is 0 Å². The van der Waals surface area contributed by atoms with Crippen LogP contribution in [0.15, 0.2) is 41.3 Å². The molecule has 0 aromatic heterocycles. The van der Waals surface area contributed by atoms with Crippen LogP contribution in [-0.4, -0.2) is 0 Å². The van der Waals surface area contributed by atoms with Gasteiger partial charge < -0.3 is 5.73 Å². The van der Waals surface area contributed by atoms with Gasteiger partial charge in [0.25, 0.3) is 0 Å². The SMILES string of the molecule is Nc1cc(F)cc(CSc2ccc(Cl)c(Cl)c2)c1. The van der Waals surface area contributed by atoms with Crippen molar-refractivity contribution >= 4 is 40.7 Å². The number of hydrogen-bond acceptors (Lipinski definition) is 2. The Kier molecular flexibility index (Phi) is 4.38. The van der Waals surface area contributed by atoms with E-state index in [0.29, 0.717) is 21.5 Å². The summed E-state index contributed by atoms with van der Waals surface area (Å²) in [6.45, 7) is 0. The van der Waals surface area contributed by atoms with Crippen LogP contribution in [0.2, 0.25) is 10.0 Å². The number of nitrogens with two attached hydrogens (primary N) is 1. The Balaban J connectivity index is 2.08. The van der Waals surface area contributed by atoms with E-state index in [1.165, 1.54) is 12.1 Å². The molecule has 0 aliphatic rings. The van der Waals surface area contributed by atoms with Gasteiger partial charge in [-0.1, -0.05) is 23.2 Å². The molecule has 0 spiro atoms. The second-order valence-electron chi connectivity index (χ2n) is 3.76. The first-order valence-electron chi connectivity index (χ1n) is 5.17. The number of anilines is 1. The lowest BCUT2D eigenvalue weighted by Gasteiger charge is -2.05. The van der Waals surface area contributed by atoms with E-state index in [1.807, 2.05) is 6.07 Å². The summed E-state index contributed by atoms with van der Waals surface area (Å²) in [6.07, 6.45) is 0. The first-order chi connectivity index (χ1) is 8.54. The van der Waals surface area contributed by atoms with E-state index in [4.69, 9.17) is 28.9 Å². The van der Waals surface area contributed by atoms with Crippen molar-refractivity contribution in [1.29, 1.82) is 0 Å². The zero-order chi connectivity index (χ0) is 13.1. The zero-order valence-electron chi connectivity index (χ0n) is 9.29. The second kappa shape index (κ2) is 5.83. The quantitative estimate of drug-likeness (QED) is 0.637. The van der Waals surface area contributed by atoms with Crippen LogP contribution >= 0.6 is 35.0 Å².